The van der Waals surface area contributed by atoms with Gasteiger partial charge in [0, 0.05) is 6.42 Å². The van der Waals surface area contributed by atoms with Gasteiger partial charge < -0.3 is 45.1 Å². The third-order valence-electron chi connectivity index (χ3n) is 15.8. The number of unbranched alkanes of at least 4 members (excludes halogenated alkanes) is 32. The van der Waals surface area contributed by atoms with Gasteiger partial charge in [0.1, 0.15) is 24.4 Å². The number of ether oxygens (including phenoxy) is 3. The lowest BCUT2D eigenvalue weighted by atomic mass is 9.99. The first kappa shape index (κ1) is 77.9. The SMILES string of the molecule is CC/C=C\C/C=C\C/C=C\C/C=C\C/C=C\CCCCCCCCCCCCCC(=O)OC1C(OCC(NC(=O)C(O)CCCCCCCC/C=C\CCCCCC)C(O)/C=C/CCCCCCCCCCCCC)OC(CO)C(O)C1O. The summed E-state index contributed by atoms with van der Waals surface area (Å²) >= 11 is 0. The average molecular weight is 1170 g/mol. The molecule has 1 fully saturated rings. The topological polar surface area (TPSA) is 175 Å². The first-order valence-electron chi connectivity index (χ1n) is 34.4. The van der Waals surface area contributed by atoms with Crippen molar-refractivity contribution < 1.29 is 49.3 Å². The van der Waals surface area contributed by atoms with Crippen LogP contribution in [0.25, 0.3) is 0 Å². The largest absolute Gasteiger partial charge is 0.454 e. The van der Waals surface area contributed by atoms with Crippen molar-refractivity contribution in [1.82, 2.24) is 5.32 Å². The van der Waals surface area contributed by atoms with Crippen molar-refractivity contribution in [2.45, 2.75) is 346 Å². The molecule has 0 aliphatic carbocycles. The van der Waals surface area contributed by atoms with Crippen LogP contribution in [-0.4, -0.2) is 99.6 Å². The maximum atomic E-state index is 13.4. The first-order chi connectivity index (χ1) is 40.7. The minimum atomic E-state index is -1.62. The summed E-state index contributed by atoms with van der Waals surface area (Å²) in [5, 5.41) is 57.1. The third kappa shape index (κ3) is 46.7. The standard InChI is InChI=1S/C72H127NO10/c1-4-7-10-13-16-19-22-25-27-28-29-30-31-32-33-34-35-36-37-38-39-42-45-48-51-54-57-60-67(77)83-70-69(79)68(78)66(61-74)82-72(70)81-62-63(64(75)58-55-52-49-46-43-40-24-21-18-15-12-9-6-3)73-71(80)65(76)59-56-53-50-47-44-41-26-23-20-17-14-11-8-5-2/h7,10,16,19-20,23,25,27,29-30,32-33,55,58,63-66,68-70,72,74-76,78-79H,4-6,8-9,11-15,17-18,21-22,24,26,28,31,34-54,56-57,59-62H2,1-3H3,(H,73,80)/b10-7-,19-16-,23-20-,27-25-,30-29-,33-32-,58-55+. The lowest BCUT2D eigenvalue weighted by molar-refractivity contribution is -0.305. The zero-order chi connectivity index (χ0) is 60.3. The number of carbonyl (C=O) groups is 2. The lowest BCUT2D eigenvalue weighted by Gasteiger charge is -2.41. The molecule has 6 N–H and O–H groups in total. The molecule has 1 heterocycles. The minimum Gasteiger partial charge on any atom is -0.454 e. The van der Waals surface area contributed by atoms with Gasteiger partial charge in [0.25, 0.3) is 0 Å². The van der Waals surface area contributed by atoms with Gasteiger partial charge in [0.15, 0.2) is 12.4 Å². The molecule has 0 aromatic rings. The third-order valence-corrected chi connectivity index (χ3v) is 15.8. The predicted molar refractivity (Wildman–Crippen MR) is 347 cm³/mol. The molecule has 11 heteroatoms. The highest BCUT2D eigenvalue weighted by atomic mass is 16.7. The molecular weight excluding hydrogens is 1040 g/mol. The molecule has 0 aromatic heterocycles. The summed E-state index contributed by atoms with van der Waals surface area (Å²) in [6, 6.07) is -1.03. The van der Waals surface area contributed by atoms with E-state index in [0.29, 0.717) is 12.8 Å². The van der Waals surface area contributed by atoms with Crippen molar-refractivity contribution in [3.8, 4) is 0 Å². The molecule has 1 amide bonds. The predicted octanol–water partition coefficient (Wildman–Crippen LogP) is 17.3. The normalized spacial score (nSPS) is 19.1. The number of rotatable bonds is 58. The Labute approximate surface area is 508 Å². The molecule has 0 radical (unpaired) electrons. The summed E-state index contributed by atoms with van der Waals surface area (Å²) in [6.45, 7) is 5.68. The zero-order valence-electron chi connectivity index (χ0n) is 53.3. The van der Waals surface area contributed by atoms with Crippen molar-refractivity contribution in [2.24, 2.45) is 0 Å². The van der Waals surface area contributed by atoms with E-state index in [1.54, 1.807) is 6.08 Å². The molecular formula is C72H127NO10. The summed E-state index contributed by atoms with van der Waals surface area (Å²) in [6.07, 6.45) is 67.6. The van der Waals surface area contributed by atoms with E-state index in [1.807, 2.05) is 6.08 Å². The number of carbonyl (C=O) groups excluding carboxylic acids is 2. The van der Waals surface area contributed by atoms with E-state index in [0.717, 1.165) is 109 Å². The number of nitrogens with one attached hydrogen (secondary N) is 1. The summed E-state index contributed by atoms with van der Waals surface area (Å²) in [4.78, 5) is 26.6. The Kier molecular flexibility index (Phi) is 55.5. The molecule has 1 aliphatic heterocycles. The number of amides is 1. The second-order valence-corrected chi connectivity index (χ2v) is 23.5. The van der Waals surface area contributed by atoms with Gasteiger partial charge >= 0.3 is 5.97 Å². The van der Waals surface area contributed by atoms with Gasteiger partial charge in [-0.15, -0.1) is 0 Å². The van der Waals surface area contributed by atoms with Gasteiger partial charge in [-0.1, -0.05) is 279 Å². The van der Waals surface area contributed by atoms with Crippen LogP contribution in [0.5, 0.6) is 0 Å². The molecule has 1 aliphatic rings. The fourth-order valence-electron chi connectivity index (χ4n) is 10.4. The van der Waals surface area contributed by atoms with Gasteiger partial charge in [-0.2, -0.15) is 0 Å². The number of hydrogen-bond donors (Lipinski definition) is 6. The van der Waals surface area contributed by atoms with Crippen LogP contribution in [0.4, 0.5) is 0 Å². The molecule has 1 rings (SSSR count). The van der Waals surface area contributed by atoms with E-state index < -0.39 is 67.4 Å². The Hall–Kier alpha value is -3.16. The average Bonchev–Trinajstić information content (AvgIpc) is 3.61. The maximum absolute atomic E-state index is 13.4. The first-order valence-corrected chi connectivity index (χ1v) is 34.4. The van der Waals surface area contributed by atoms with Crippen molar-refractivity contribution in [2.75, 3.05) is 13.2 Å². The Bertz CT molecular complexity index is 1670. The van der Waals surface area contributed by atoms with Crippen LogP contribution in [-0.2, 0) is 23.8 Å². The fourth-order valence-corrected chi connectivity index (χ4v) is 10.4. The second kappa shape index (κ2) is 59.2. The van der Waals surface area contributed by atoms with Crippen LogP contribution in [0.15, 0.2) is 85.1 Å². The Morgan fingerprint density at radius 1 is 0.482 bits per heavy atom. The molecule has 0 spiro atoms. The molecule has 83 heavy (non-hydrogen) atoms. The van der Waals surface area contributed by atoms with Crippen molar-refractivity contribution >= 4 is 11.9 Å². The van der Waals surface area contributed by atoms with Crippen LogP contribution >= 0.6 is 0 Å². The monoisotopic (exact) mass is 1170 g/mol. The van der Waals surface area contributed by atoms with Crippen LogP contribution in [0.2, 0.25) is 0 Å². The highest BCUT2D eigenvalue weighted by Crippen LogP contribution is 2.26. The van der Waals surface area contributed by atoms with Crippen molar-refractivity contribution in [1.29, 1.82) is 0 Å². The number of aliphatic hydroxyl groups excluding tert-OH is 5. The molecule has 0 bridgehead atoms. The quantitative estimate of drug-likeness (QED) is 0.0195. The fraction of sp³-hybridized carbons (Fsp3) is 0.778. The highest BCUT2D eigenvalue weighted by molar-refractivity contribution is 5.80. The number of esters is 1. The van der Waals surface area contributed by atoms with Gasteiger partial charge in [0.05, 0.1) is 25.4 Å². The van der Waals surface area contributed by atoms with Gasteiger partial charge in [-0.3, -0.25) is 9.59 Å². The Morgan fingerprint density at radius 3 is 1.33 bits per heavy atom. The van der Waals surface area contributed by atoms with Gasteiger partial charge in [-0.05, 0) is 96.3 Å². The Morgan fingerprint density at radius 2 is 0.867 bits per heavy atom. The smallest absolute Gasteiger partial charge is 0.306 e. The Balaban J connectivity index is 2.57. The van der Waals surface area contributed by atoms with E-state index in [-0.39, 0.29) is 19.4 Å². The van der Waals surface area contributed by atoms with Crippen molar-refractivity contribution in [3.63, 3.8) is 0 Å². The minimum absolute atomic E-state index is 0.116. The van der Waals surface area contributed by atoms with E-state index in [9.17, 15) is 35.1 Å². The van der Waals surface area contributed by atoms with E-state index in [2.05, 4.69) is 99.0 Å². The van der Waals surface area contributed by atoms with Crippen LogP contribution < -0.4 is 5.32 Å². The summed E-state index contributed by atoms with van der Waals surface area (Å²) in [7, 11) is 0. The van der Waals surface area contributed by atoms with Crippen LogP contribution in [0, 0.1) is 0 Å². The van der Waals surface area contributed by atoms with E-state index >= 15 is 0 Å². The lowest BCUT2D eigenvalue weighted by Crippen LogP contribution is -2.61. The van der Waals surface area contributed by atoms with Gasteiger partial charge in [0.2, 0.25) is 5.91 Å². The molecule has 11 nitrogen and oxygen atoms in total. The molecule has 480 valence electrons. The molecule has 1 saturated heterocycles. The summed E-state index contributed by atoms with van der Waals surface area (Å²) in [5.41, 5.74) is 0. The zero-order valence-corrected chi connectivity index (χ0v) is 53.3. The van der Waals surface area contributed by atoms with E-state index in [1.165, 1.54) is 141 Å². The summed E-state index contributed by atoms with van der Waals surface area (Å²) in [5.74, 6) is -1.20. The number of allylic oxidation sites excluding steroid dienone is 13. The van der Waals surface area contributed by atoms with Crippen molar-refractivity contribution in [3.05, 3.63) is 85.1 Å². The molecule has 8 atom stereocenters. The number of aliphatic hydroxyl groups is 5. The maximum Gasteiger partial charge on any atom is 0.306 e. The molecule has 0 saturated carbocycles. The van der Waals surface area contributed by atoms with E-state index in [4.69, 9.17) is 14.2 Å². The summed E-state index contributed by atoms with van der Waals surface area (Å²) < 4.78 is 17.7. The van der Waals surface area contributed by atoms with Gasteiger partial charge in [-0.25, -0.2) is 0 Å². The molecule has 0 aromatic carbocycles. The molecule has 8 unspecified atom stereocenters. The second-order valence-electron chi connectivity index (χ2n) is 23.5. The number of hydrogen-bond acceptors (Lipinski definition) is 10. The van der Waals surface area contributed by atoms with Crippen LogP contribution in [0.3, 0.4) is 0 Å². The van der Waals surface area contributed by atoms with Crippen LogP contribution in [0.1, 0.15) is 297 Å². The highest BCUT2D eigenvalue weighted by Gasteiger charge is 2.47.